The molecule has 146 valence electrons. The van der Waals surface area contributed by atoms with Gasteiger partial charge >= 0.3 is 0 Å². The third-order valence-corrected chi connectivity index (χ3v) is 9.35. The van der Waals surface area contributed by atoms with Crippen molar-refractivity contribution in [3.8, 4) is 5.75 Å². The molecule has 4 aromatic rings. The molecule has 0 unspecified atom stereocenters. The molecule has 0 aliphatic carbocycles. The van der Waals surface area contributed by atoms with Crippen LogP contribution in [0, 0.1) is 0 Å². The lowest BCUT2D eigenvalue weighted by molar-refractivity contribution is -0.00000590. The number of aromatic nitrogens is 1. The van der Waals surface area contributed by atoms with Gasteiger partial charge in [-0.2, -0.15) is 0 Å². The zero-order valence-corrected chi connectivity index (χ0v) is 17.9. The van der Waals surface area contributed by atoms with Crippen molar-refractivity contribution in [1.29, 1.82) is 0 Å². The van der Waals surface area contributed by atoms with Gasteiger partial charge in [-0.25, -0.2) is 0 Å². The van der Waals surface area contributed by atoms with Crippen LogP contribution in [0.4, 0.5) is 0 Å². The number of halogens is 1. The Hall–Kier alpha value is -2.67. The van der Waals surface area contributed by atoms with E-state index in [4.69, 9.17) is 9.72 Å². The summed E-state index contributed by atoms with van der Waals surface area (Å²) in [6.45, 7) is 0. The van der Waals surface area contributed by atoms with Crippen molar-refractivity contribution in [2.24, 2.45) is 0 Å². The Balaban J connectivity index is 0.00000240. The second-order valence-corrected chi connectivity index (χ2v) is 10.1. The fourth-order valence-corrected chi connectivity index (χ4v) is 7.83. The average molecular weight is 420 g/mol. The molecular formula is C25H23ClNOP. The molecule has 3 aromatic carbocycles. The van der Waals surface area contributed by atoms with Crippen LogP contribution >= 0.6 is 7.26 Å². The van der Waals surface area contributed by atoms with E-state index in [1.165, 1.54) is 15.9 Å². The number of pyridine rings is 1. The van der Waals surface area contributed by atoms with Gasteiger partial charge < -0.3 is 17.1 Å². The van der Waals surface area contributed by atoms with Crippen molar-refractivity contribution < 1.29 is 17.1 Å². The van der Waals surface area contributed by atoms with Crippen molar-refractivity contribution in [2.45, 2.75) is 6.16 Å². The highest BCUT2D eigenvalue weighted by Crippen LogP contribution is 2.57. The van der Waals surface area contributed by atoms with Crippen molar-refractivity contribution >= 4 is 23.2 Å². The van der Waals surface area contributed by atoms with E-state index < -0.39 is 7.26 Å². The quantitative estimate of drug-likeness (QED) is 0.443. The molecule has 1 aromatic heterocycles. The number of methoxy groups -OCH3 is 1. The summed E-state index contributed by atoms with van der Waals surface area (Å²) >= 11 is 0. The first-order chi connectivity index (χ1) is 13.8. The Morgan fingerprint density at radius 2 is 1.14 bits per heavy atom. The Morgan fingerprint density at radius 1 is 0.690 bits per heavy atom. The van der Waals surface area contributed by atoms with Gasteiger partial charge in [-0.3, -0.25) is 4.98 Å². The Labute approximate surface area is 179 Å². The van der Waals surface area contributed by atoms with Gasteiger partial charge in [0, 0.05) is 12.3 Å². The zero-order valence-electron chi connectivity index (χ0n) is 16.3. The highest BCUT2D eigenvalue weighted by Gasteiger charge is 2.45. The first-order valence-corrected chi connectivity index (χ1v) is 11.3. The minimum Gasteiger partial charge on any atom is -1.00 e. The molecule has 0 saturated carbocycles. The Bertz CT molecular complexity index is 929. The number of ether oxygens (including phenoxy) is 1. The summed E-state index contributed by atoms with van der Waals surface area (Å²) in [6, 6.07) is 36.6. The maximum Gasteiger partial charge on any atom is 0.122 e. The lowest BCUT2D eigenvalue weighted by Crippen LogP contribution is -3.00. The monoisotopic (exact) mass is 419 g/mol. The minimum absolute atomic E-state index is 0. The molecule has 29 heavy (non-hydrogen) atoms. The fourth-order valence-electron chi connectivity index (χ4n) is 3.68. The molecule has 4 rings (SSSR count). The maximum absolute atomic E-state index is 5.46. The molecular weight excluding hydrogens is 397 g/mol. The Morgan fingerprint density at radius 3 is 1.55 bits per heavy atom. The first-order valence-electron chi connectivity index (χ1n) is 9.37. The summed E-state index contributed by atoms with van der Waals surface area (Å²) in [4.78, 5) is 4.70. The number of nitrogens with zero attached hydrogens (tertiary/aromatic N) is 1. The largest absolute Gasteiger partial charge is 1.00 e. The predicted octanol–water partition coefficient (Wildman–Crippen LogP) is 1.59. The summed E-state index contributed by atoms with van der Waals surface area (Å²) in [5.74, 6) is 0.845. The molecule has 1 heterocycles. The van der Waals surface area contributed by atoms with E-state index in [0.717, 1.165) is 17.6 Å². The van der Waals surface area contributed by atoms with Crippen LogP contribution in [-0.2, 0) is 6.16 Å². The van der Waals surface area contributed by atoms with Crippen LogP contribution in [0.3, 0.4) is 0 Å². The first kappa shape index (κ1) is 21.0. The molecule has 0 radical (unpaired) electrons. The van der Waals surface area contributed by atoms with Gasteiger partial charge in [0.2, 0.25) is 0 Å². The summed E-state index contributed by atoms with van der Waals surface area (Å²) in [7, 11) is -0.222. The normalized spacial score (nSPS) is 10.8. The average Bonchev–Trinajstić information content (AvgIpc) is 2.79. The zero-order chi connectivity index (χ0) is 19.2. The maximum atomic E-state index is 5.46. The van der Waals surface area contributed by atoms with Gasteiger partial charge in [0.25, 0.3) is 0 Å². The van der Waals surface area contributed by atoms with Crippen LogP contribution in [0.15, 0.2) is 109 Å². The predicted molar refractivity (Wildman–Crippen MR) is 120 cm³/mol. The molecule has 0 bridgehead atoms. The molecule has 0 aliphatic heterocycles. The van der Waals surface area contributed by atoms with Crippen LogP contribution < -0.4 is 33.1 Å². The highest BCUT2D eigenvalue weighted by molar-refractivity contribution is 7.95. The Kier molecular flexibility index (Phi) is 7.04. The lowest BCUT2D eigenvalue weighted by atomic mass is 10.3. The third-order valence-electron chi connectivity index (χ3n) is 5.01. The molecule has 0 saturated heterocycles. The van der Waals surface area contributed by atoms with Crippen molar-refractivity contribution in [2.75, 3.05) is 7.11 Å². The third kappa shape index (κ3) is 4.34. The van der Waals surface area contributed by atoms with Crippen LogP contribution in [0.2, 0.25) is 0 Å². The molecule has 4 heteroatoms. The molecule has 0 spiro atoms. The van der Waals surface area contributed by atoms with Gasteiger partial charge in [-0.1, -0.05) is 54.6 Å². The van der Waals surface area contributed by atoms with Gasteiger partial charge in [0.15, 0.2) is 0 Å². The van der Waals surface area contributed by atoms with Crippen LogP contribution in [0.25, 0.3) is 0 Å². The number of hydrogen-bond acceptors (Lipinski definition) is 2. The summed E-state index contributed by atoms with van der Waals surface area (Å²) in [5, 5.41) is 4.08. The van der Waals surface area contributed by atoms with E-state index in [9.17, 15) is 0 Å². The molecule has 0 amide bonds. The molecule has 0 fully saturated rings. The SMILES string of the molecule is COc1ccnc(C[P+](c2ccccc2)(c2ccccc2)c2ccccc2)c1.[Cl-]. The van der Waals surface area contributed by atoms with Crippen molar-refractivity contribution in [1.82, 2.24) is 4.98 Å². The van der Waals surface area contributed by atoms with Gasteiger partial charge in [0.05, 0.1) is 12.8 Å². The van der Waals surface area contributed by atoms with E-state index in [0.29, 0.717) is 0 Å². The van der Waals surface area contributed by atoms with Crippen molar-refractivity contribution in [3.05, 3.63) is 115 Å². The van der Waals surface area contributed by atoms with Gasteiger partial charge in [-0.05, 0) is 42.5 Å². The van der Waals surface area contributed by atoms with Crippen LogP contribution in [0.1, 0.15) is 5.69 Å². The van der Waals surface area contributed by atoms with E-state index in [-0.39, 0.29) is 12.4 Å². The molecule has 0 N–H and O–H groups in total. The number of benzene rings is 3. The standard InChI is InChI=1S/C25H23NOP.ClH/c1-27-22-17-18-26-21(19-22)20-28(23-11-5-2-6-12-23,24-13-7-3-8-14-24)25-15-9-4-10-16-25;/h2-19H,20H2,1H3;1H/q+1;/p-1. The van der Waals surface area contributed by atoms with Gasteiger partial charge in [0.1, 0.15) is 35.1 Å². The van der Waals surface area contributed by atoms with Crippen LogP contribution in [0.5, 0.6) is 5.75 Å². The van der Waals surface area contributed by atoms with E-state index in [1.54, 1.807) is 7.11 Å². The van der Waals surface area contributed by atoms with Gasteiger partial charge in [-0.15, -0.1) is 0 Å². The van der Waals surface area contributed by atoms with E-state index in [1.807, 2.05) is 12.3 Å². The summed E-state index contributed by atoms with van der Waals surface area (Å²) < 4.78 is 5.46. The smallest absolute Gasteiger partial charge is 0.122 e. The number of hydrogen-bond donors (Lipinski definition) is 0. The van der Waals surface area contributed by atoms with Crippen molar-refractivity contribution in [3.63, 3.8) is 0 Å². The van der Waals surface area contributed by atoms with E-state index in [2.05, 4.69) is 97.1 Å². The van der Waals surface area contributed by atoms with Crippen LogP contribution in [-0.4, -0.2) is 12.1 Å². The molecule has 2 nitrogen and oxygen atoms in total. The lowest BCUT2D eigenvalue weighted by Gasteiger charge is -2.27. The second kappa shape index (κ2) is 9.69. The summed E-state index contributed by atoms with van der Waals surface area (Å²) in [6.07, 6.45) is 2.69. The summed E-state index contributed by atoms with van der Waals surface area (Å²) in [5.41, 5.74) is 1.05. The van der Waals surface area contributed by atoms with E-state index >= 15 is 0 Å². The topological polar surface area (TPSA) is 22.1 Å². The second-order valence-electron chi connectivity index (χ2n) is 6.66. The highest BCUT2D eigenvalue weighted by atomic mass is 35.5. The fraction of sp³-hybridized carbons (Fsp3) is 0.0800. The molecule has 0 atom stereocenters. The minimum atomic E-state index is -1.92. The number of rotatable bonds is 6. The molecule has 0 aliphatic rings.